The number of hydrogen-bond donors (Lipinski definition) is 1. The lowest BCUT2D eigenvalue weighted by Gasteiger charge is -2.34. The van der Waals surface area contributed by atoms with Crippen LogP contribution in [0.4, 0.5) is 0 Å². The predicted octanol–water partition coefficient (Wildman–Crippen LogP) is 2.74. The van der Waals surface area contributed by atoms with Crippen LogP contribution >= 0.6 is 0 Å². The van der Waals surface area contributed by atoms with Gasteiger partial charge in [0, 0.05) is 6.54 Å². The lowest BCUT2D eigenvalue weighted by Crippen LogP contribution is -2.38. The first-order chi connectivity index (χ1) is 8.57. The molecule has 3 nitrogen and oxygen atoms in total. The van der Waals surface area contributed by atoms with E-state index in [1.165, 1.54) is 6.42 Å². The zero-order valence-electron chi connectivity index (χ0n) is 12.0. The summed E-state index contributed by atoms with van der Waals surface area (Å²) in [7, 11) is 0. The second kappa shape index (κ2) is 5.60. The van der Waals surface area contributed by atoms with E-state index < -0.39 is 0 Å². The van der Waals surface area contributed by atoms with Crippen molar-refractivity contribution in [1.29, 1.82) is 0 Å². The van der Waals surface area contributed by atoms with Gasteiger partial charge in [-0.25, -0.2) is 0 Å². The Balaban J connectivity index is 1.91. The van der Waals surface area contributed by atoms with Crippen molar-refractivity contribution in [3.05, 3.63) is 0 Å². The van der Waals surface area contributed by atoms with E-state index >= 15 is 0 Å². The van der Waals surface area contributed by atoms with Crippen molar-refractivity contribution in [1.82, 2.24) is 5.32 Å². The molecule has 0 bridgehead atoms. The van der Waals surface area contributed by atoms with Crippen molar-refractivity contribution >= 4 is 5.97 Å². The molecular weight excluding hydrogens is 226 g/mol. The minimum atomic E-state index is -0.244. The molecular formula is C15H27NO2. The molecule has 0 aromatic rings. The molecule has 18 heavy (non-hydrogen) atoms. The van der Waals surface area contributed by atoms with Crippen LogP contribution in [0.1, 0.15) is 52.9 Å². The van der Waals surface area contributed by atoms with Crippen LogP contribution in [0.25, 0.3) is 0 Å². The average Bonchev–Trinajstić information content (AvgIpc) is 2.84. The summed E-state index contributed by atoms with van der Waals surface area (Å²) in [6.07, 6.45) is 5.26. The van der Waals surface area contributed by atoms with Gasteiger partial charge in [0.05, 0.1) is 5.41 Å². The molecule has 4 atom stereocenters. The summed E-state index contributed by atoms with van der Waals surface area (Å²) >= 11 is 0. The Bertz CT molecular complexity index is 297. The Hall–Kier alpha value is -0.570. The maximum Gasteiger partial charge on any atom is 0.313 e. The van der Waals surface area contributed by atoms with Crippen molar-refractivity contribution in [3.8, 4) is 0 Å². The van der Waals surface area contributed by atoms with Gasteiger partial charge in [0.15, 0.2) is 0 Å². The fourth-order valence-corrected chi connectivity index (χ4v) is 3.25. The SMILES string of the molecule is CCC1(C(=O)OC2CCC(C)C(C)C2)CCNC1. The average molecular weight is 253 g/mol. The van der Waals surface area contributed by atoms with Crippen LogP contribution in [0.15, 0.2) is 0 Å². The fraction of sp³-hybridized carbons (Fsp3) is 0.933. The molecule has 3 heteroatoms. The molecule has 0 aromatic heterocycles. The van der Waals surface area contributed by atoms with Gasteiger partial charge in [-0.05, 0) is 50.5 Å². The first-order valence-electron chi connectivity index (χ1n) is 7.49. The topological polar surface area (TPSA) is 38.3 Å². The molecule has 0 spiro atoms. The first kappa shape index (κ1) is 13.9. The van der Waals surface area contributed by atoms with E-state index in [-0.39, 0.29) is 17.5 Å². The lowest BCUT2D eigenvalue weighted by molar-refractivity contribution is -0.163. The van der Waals surface area contributed by atoms with Crippen molar-refractivity contribution in [2.75, 3.05) is 13.1 Å². The van der Waals surface area contributed by atoms with E-state index in [4.69, 9.17) is 4.74 Å². The normalized spacial score (nSPS) is 40.7. The van der Waals surface area contributed by atoms with Gasteiger partial charge < -0.3 is 10.1 Å². The summed E-state index contributed by atoms with van der Waals surface area (Å²) < 4.78 is 5.81. The number of carbonyl (C=O) groups excluding carboxylic acids is 1. The summed E-state index contributed by atoms with van der Waals surface area (Å²) in [6.45, 7) is 8.41. The molecule has 2 rings (SSSR count). The molecule has 1 aliphatic carbocycles. The molecule has 104 valence electrons. The zero-order chi connectivity index (χ0) is 13.2. The highest BCUT2D eigenvalue weighted by molar-refractivity contribution is 5.77. The van der Waals surface area contributed by atoms with Gasteiger partial charge in [0.1, 0.15) is 6.10 Å². The van der Waals surface area contributed by atoms with Crippen LogP contribution in [-0.4, -0.2) is 25.2 Å². The van der Waals surface area contributed by atoms with E-state index in [0.29, 0.717) is 5.92 Å². The Morgan fingerprint density at radius 3 is 2.67 bits per heavy atom. The summed E-state index contributed by atoms with van der Waals surface area (Å²) in [5, 5.41) is 3.30. The summed E-state index contributed by atoms with van der Waals surface area (Å²) in [4.78, 5) is 12.4. The zero-order valence-corrected chi connectivity index (χ0v) is 12.0. The minimum absolute atomic E-state index is 0.0433. The van der Waals surface area contributed by atoms with E-state index in [9.17, 15) is 4.79 Å². The third kappa shape index (κ3) is 2.71. The molecule has 0 amide bonds. The van der Waals surface area contributed by atoms with Gasteiger partial charge in [-0.15, -0.1) is 0 Å². The van der Waals surface area contributed by atoms with Crippen molar-refractivity contribution in [2.24, 2.45) is 17.3 Å². The van der Waals surface area contributed by atoms with Crippen LogP contribution in [0.2, 0.25) is 0 Å². The number of hydrogen-bond acceptors (Lipinski definition) is 3. The molecule has 1 N–H and O–H groups in total. The molecule has 2 fully saturated rings. The highest BCUT2D eigenvalue weighted by atomic mass is 16.5. The lowest BCUT2D eigenvalue weighted by atomic mass is 9.79. The smallest absolute Gasteiger partial charge is 0.313 e. The summed E-state index contributed by atoms with van der Waals surface area (Å²) in [6, 6.07) is 0. The molecule has 0 aromatic carbocycles. The third-order valence-electron chi connectivity index (χ3n) is 5.18. The van der Waals surface area contributed by atoms with Crippen molar-refractivity contribution in [3.63, 3.8) is 0 Å². The Labute approximate surface area is 111 Å². The molecule has 2 aliphatic rings. The van der Waals surface area contributed by atoms with E-state index in [1.54, 1.807) is 0 Å². The first-order valence-corrected chi connectivity index (χ1v) is 7.49. The number of esters is 1. The Morgan fingerprint density at radius 1 is 1.33 bits per heavy atom. The maximum atomic E-state index is 12.4. The number of carbonyl (C=O) groups is 1. The largest absolute Gasteiger partial charge is 0.462 e. The highest BCUT2D eigenvalue weighted by Crippen LogP contribution is 2.35. The van der Waals surface area contributed by atoms with E-state index in [1.807, 2.05) is 0 Å². The molecule has 1 saturated heterocycles. The molecule has 1 saturated carbocycles. The van der Waals surface area contributed by atoms with Gasteiger partial charge in [-0.1, -0.05) is 20.8 Å². The van der Waals surface area contributed by atoms with Crippen LogP contribution in [0, 0.1) is 17.3 Å². The second-order valence-corrected chi connectivity index (χ2v) is 6.36. The van der Waals surface area contributed by atoms with Gasteiger partial charge in [-0.3, -0.25) is 4.79 Å². The Morgan fingerprint density at radius 2 is 2.11 bits per heavy atom. The summed E-state index contributed by atoms with van der Waals surface area (Å²) in [5.41, 5.74) is -0.244. The highest BCUT2D eigenvalue weighted by Gasteiger charge is 2.42. The molecule has 0 radical (unpaired) electrons. The Kier molecular flexibility index (Phi) is 4.31. The minimum Gasteiger partial charge on any atom is -0.462 e. The monoisotopic (exact) mass is 253 g/mol. The fourth-order valence-electron chi connectivity index (χ4n) is 3.25. The van der Waals surface area contributed by atoms with Gasteiger partial charge >= 0.3 is 5.97 Å². The molecule has 1 aliphatic heterocycles. The number of ether oxygens (including phenoxy) is 1. The number of nitrogens with one attached hydrogen (secondary N) is 1. The van der Waals surface area contributed by atoms with Crippen LogP contribution in [-0.2, 0) is 9.53 Å². The third-order valence-corrected chi connectivity index (χ3v) is 5.18. The van der Waals surface area contributed by atoms with Gasteiger partial charge in [0.25, 0.3) is 0 Å². The predicted molar refractivity (Wildman–Crippen MR) is 72.3 cm³/mol. The van der Waals surface area contributed by atoms with Crippen molar-refractivity contribution in [2.45, 2.75) is 59.0 Å². The summed E-state index contributed by atoms with van der Waals surface area (Å²) in [5.74, 6) is 1.49. The van der Waals surface area contributed by atoms with Crippen LogP contribution in [0.5, 0.6) is 0 Å². The van der Waals surface area contributed by atoms with Gasteiger partial charge in [-0.2, -0.15) is 0 Å². The maximum absolute atomic E-state index is 12.4. The molecule has 4 unspecified atom stereocenters. The van der Waals surface area contributed by atoms with Crippen molar-refractivity contribution < 1.29 is 9.53 Å². The number of rotatable bonds is 3. The van der Waals surface area contributed by atoms with E-state index in [0.717, 1.165) is 44.7 Å². The second-order valence-electron chi connectivity index (χ2n) is 6.36. The standard InChI is InChI=1S/C15H27NO2/c1-4-15(7-8-16-10-15)14(17)18-13-6-5-11(2)12(3)9-13/h11-13,16H,4-10H2,1-3H3. The molecule has 1 heterocycles. The quantitative estimate of drug-likeness (QED) is 0.786. The van der Waals surface area contributed by atoms with E-state index in [2.05, 4.69) is 26.1 Å². The van der Waals surface area contributed by atoms with Crippen LogP contribution < -0.4 is 5.32 Å². The van der Waals surface area contributed by atoms with Crippen LogP contribution in [0.3, 0.4) is 0 Å². The van der Waals surface area contributed by atoms with Gasteiger partial charge in [0.2, 0.25) is 0 Å².